The van der Waals surface area contributed by atoms with Gasteiger partial charge in [-0.3, -0.25) is 0 Å². The monoisotopic (exact) mass is 235 g/mol. The van der Waals surface area contributed by atoms with E-state index in [2.05, 4.69) is 17.6 Å². The van der Waals surface area contributed by atoms with E-state index >= 15 is 0 Å². The molecule has 84 valence electrons. The predicted molar refractivity (Wildman–Crippen MR) is 67.2 cm³/mol. The van der Waals surface area contributed by atoms with Crippen molar-refractivity contribution in [3.8, 4) is 11.1 Å². The van der Waals surface area contributed by atoms with E-state index in [1.54, 1.807) is 11.3 Å². The van der Waals surface area contributed by atoms with Crippen molar-refractivity contribution in [3.63, 3.8) is 0 Å². The molecule has 0 saturated heterocycles. The molecule has 3 heteroatoms. The zero-order valence-corrected chi connectivity index (χ0v) is 10.2. The summed E-state index contributed by atoms with van der Waals surface area (Å²) in [5.74, 6) is -0.188. The minimum Gasteiger partial charge on any atom is -0.316 e. The van der Waals surface area contributed by atoms with Crippen LogP contribution in [0.4, 0.5) is 4.39 Å². The van der Waals surface area contributed by atoms with E-state index < -0.39 is 0 Å². The molecular formula is C13H14FNS. The fourth-order valence-electron chi connectivity index (χ4n) is 1.83. The Morgan fingerprint density at radius 1 is 1.25 bits per heavy atom. The molecule has 1 N–H and O–H groups in total. The molecule has 1 heterocycles. The zero-order chi connectivity index (χ0) is 11.5. The Bertz CT molecular complexity index is 473. The van der Waals surface area contributed by atoms with Crippen LogP contribution < -0.4 is 5.32 Å². The third kappa shape index (κ3) is 2.15. The van der Waals surface area contributed by atoms with Crippen molar-refractivity contribution in [1.82, 2.24) is 5.32 Å². The molecule has 16 heavy (non-hydrogen) atoms. The second-order valence-corrected chi connectivity index (χ2v) is 4.81. The van der Waals surface area contributed by atoms with Crippen molar-refractivity contribution in [1.29, 1.82) is 0 Å². The molecule has 0 aliphatic rings. The first-order valence-electron chi connectivity index (χ1n) is 5.20. The lowest BCUT2D eigenvalue weighted by atomic mass is 10.0. The number of hydrogen-bond donors (Lipinski definition) is 1. The van der Waals surface area contributed by atoms with Crippen LogP contribution in [0.15, 0.2) is 29.6 Å². The predicted octanol–water partition coefficient (Wildman–Crippen LogP) is 3.58. The number of thiophene rings is 1. The van der Waals surface area contributed by atoms with E-state index in [9.17, 15) is 4.39 Å². The Morgan fingerprint density at radius 3 is 2.56 bits per heavy atom. The molecule has 1 aromatic carbocycles. The van der Waals surface area contributed by atoms with Gasteiger partial charge in [-0.1, -0.05) is 12.1 Å². The van der Waals surface area contributed by atoms with Crippen LogP contribution >= 0.6 is 11.3 Å². The first kappa shape index (κ1) is 11.3. The average molecular weight is 235 g/mol. The van der Waals surface area contributed by atoms with Crippen LogP contribution in [0, 0.1) is 12.7 Å². The summed E-state index contributed by atoms with van der Waals surface area (Å²) in [6, 6.07) is 6.69. The molecule has 0 amide bonds. The summed E-state index contributed by atoms with van der Waals surface area (Å²) in [5, 5.41) is 5.31. The highest BCUT2D eigenvalue weighted by molar-refractivity contribution is 7.10. The van der Waals surface area contributed by atoms with E-state index in [1.165, 1.54) is 28.1 Å². The van der Waals surface area contributed by atoms with Crippen LogP contribution in [0.2, 0.25) is 0 Å². The Labute approximate surface area is 98.9 Å². The molecule has 0 spiro atoms. The number of nitrogens with one attached hydrogen (secondary N) is 1. The molecule has 0 fully saturated rings. The number of rotatable bonds is 3. The summed E-state index contributed by atoms with van der Waals surface area (Å²) in [5.41, 5.74) is 3.60. The molecule has 0 bridgehead atoms. The van der Waals surface area contributed by atoms with E-state index in [0.717, 1.165) is 12.1 Å². The standard InChI is InChI=1S/C13H14FNS/c1-9-13(11(7-15-2)8-16-9)10-3-5-12(14)6-4-10/h3-6,8,15H,7H2,1-2H3. The maximum absolute atomic E-state index is 12.9. The molecule has 0 unspecified atom stereocenters. The largest absolute Gasteiger partial charge is 0.316 e. The minimum absolute atomic E-state index is 0.188. The van der Waals surface area contributed by atoms with E-state index in [4.69, 9.17) is 0 Å². The smallest absolute Gasteiger partial charge is 0.123 e. The Balaban J connectivity index is 2.45. The second-order valence-electron chi connectivity index (χ2n) is 3.73. The summed E-state index contributed by atoms with van der Waals surface area (Å²) in [6.07, 6.45) is 0. The molecular weight excluding hydrogens is 221 g/mol. The van der Waals surface area contributed by atoms with Crippen LogP contribution in [-0.2, 0) is 6.54 Å². The highest BCUT2D eigenvalue weighted by atomic mass is 32.1. The lowest BCUT2D eigenvalue weighted by molar-refractivity contribution is 0.628. The summed E-state index contributed by atoms with van der Waals surface area (Å²) in [6.45, 7) is 2.94. The van der Waals surface area contributed by atoms with Gasteiger partial charge in [0.15, 0.2) is 0 Å². The molecule has 0 saturated carbocycles. The number of halogens is 1. The average Bonchev–Trinajstić information content (AvgIpc) is 2.62. The molecule has 0 aliphatic heterocycles. The third-order valence-corrected chi connectivity index (χ3v) is 3.51. The zero-order valence-electron chi connectivity index (χ0n) is 9.38. The van der Waals surface area contributed by atoms with Gasteiger partial charge < -0.3 is 5.32 Å². The lowest BCUT2D eigenvalue weighted by Crippen LogP contribution is -2.05. The Morgan fingerprint density at radius 2 is 1.94 bits per heavy atom. The van der Waals surface area contributed by atoms with Crippen molar-refractivity contribution in [3.05, 3.63) is 45.9 Å². The van der Waals surface area contributed by atoms with E-state index in [0.29, 0.717) is 0 Å². The molecule has 1 nitrogen and oxygen atoms in total. The number of aryl methyl sites for hydroxylation is 1. The minimum atomic E-state index is -0.188. The van der Waals surface area contributed by atoms with Crippen molar-refractivity contribution in [2.45, 2.75) is 13.5 Å². The third-order valence-electron chi connectivity index (χ3n) is 2.55. The van der Waals surface area contributed by atoms with Gasteiger partial charge in [0.25, 0.3) is 0 Å². The van der Waals surface area contributed by atoms with Crippen molar-refractivity contribution < 1.29 is 4.39 Å². The van der Waals surface area contributed by atoms with Gasteiger partial charge in [-0.05, 0) is 48.2 Å². The van der Waals surface area contributed by atoms with Gasteiger partial charge >= 0.3 is 0 Å². The van der Waals surface area contributed by atoms with Crippen molar-refractivity contribution in [2.75, 3.05) is 7.05 Å². The van der Waals surface area contributed by atoms with Crippen molar-refractivity contribution in [2.24, 2.45) is 0 Å². The maximum Gasteiger partial charge on any atom is 0.123 e. The topological polar surface area (TPSA) is 12.0 Å². The molecule has 1 aromatic heterocycles. The second kappa shape index (κ2) is 4.76. The highest BCUT2D eigenvalue weighted by Gasteiger charge is 2.10. The summed E-state index contributed by atoms with van der Waals surface area (Å²) in [7, 11) is 1.93. The summed E-state index contributed by atoms with van der Waals surface area (Å²) < 4.78 is 12.9. The number of benzene rings is 1. The van der Waals surface area contributed by atoms with Crippen LogP contribution in [0.25, 0.3) is 11.1 Å². The van der Waals surface area contributed by atoms with Gasteiger partial charge in [0, 0.05) is 11.4 Å². The number of hydrogen-bond acceptors (Lipinski definition) is 2. The normalized spacial score (nSPS) is 10.7. The fraction of sp³-hybridized carbons (Fsp3) is 0.231. The van der Waals surface area contributed by atoms with E-state index in [1.807, 2.05) is 19.2 Å². The first-order valence-corrected chi connectivity index (χ1v) is 6.08. The first-order chi connectivity index (χ1) is 7.72. The quantitative estimate of drug-likeness (QED) is 0.857. The highest BCUT2D eigenvalue weighted by Crippen LogP contribution is 2.32. The van der Waals surface area contributed by atoms with Gasteiger partial charge in [0.1, 0.15) is 5.82 Å². The maximum atomic E-state index is 12.9. The Kier molecular flexibility index (Phi) is 3.36. The molecule has 2 rings (SSSR count). The molecule has 0 aliphatic carbocycles. The molecule has 2 aromatic rings. The van der Waals surface area contributed by atoms with E-state index in [-0.39, 0.29) is 5.82 Å². The van der Waals surface area contributed by atoms with Crippen LogP contribution in [-0.4, -0.2) is 7.05 Å². The van der Waals surface area contributed by atoms with Crippen LogP contribution in [0.5, 0.6) is 0 Å². The SMILES string of the molecule is CNCc1csc(C)c1-c1ccc(F)cc1. The van der Waals surface area contributed by atoms with Crippen LogP contribution in [0.3, 0.4) is 0 Å². The summed E-state index contributed by atoms with van der Waals surface area (Å²) >= 11 is 1.74. The lowest BCUT2D eigenvalue weighted by Gasteiger charge is -2.05. The van der Waals surface area contributed by atoms with Gasteiger partial charge in [-0.25, -0.2) is 4.39 Å². The van der Waals surface area contributed by atoms with Crippen molar-refractivity contribution >= 4 is 11.3 Å². The van der Waals surface area contributed by atoms with Gasteiger partial charge in [0.2, 0.25) is 0 Å². The molecule has 0 atom stereocenters. The van der Waals surface area contributed by atoms with Gasteiger partial charge in [0.05, 0.1) is 0 Å². The Hall–Kier alpha value is -1.19. The molecule has 0 radical (unpaired) electrons. The van der Waals surface area contributed by atoms with Crippen LogP contribution in [0.1, 0.15) is 10.4 Å². The van der Waals surface area contributed by atoms with Gasteiger partial charge in [-0.15, -0.1) is 11.3 Å². The fourth-order valence-corrected chi connectivity index (χ4v) is 2.72. The summed E-state index contributed by atoms with van der Waals surface area (Å²) in [4.78, 5) is 1.27. The van der Waals surface area contributed by atoms with Gasteiger partial charge in [-0.2, -0.15) is 0 Å².